The topological polar surface area (TPSA) is 173 Å². The molecule has 272 valence electrons. The Balaban J connectivity index is 0.000000347. The molecule has 0 saturated heterocycles. The quantitative estimate of drug-likeness (QED) is 0.0568. The van der Waals surface area contributed by atoms with Crippen LogP contribution < -0.4 is 14.6 Å². The predicted octanol–water partition coefficient (Wildman–Crippen LogP) is 8.53. The summed E-state index contributed by atoms with van der Waals surface area (Å²) in [6, 6.07) is 22.0. The summed E-state index contributed by atoms with van der Waals surface area (Å²) in [6.45, 7) is 4.27. The fourth-order valence-electron chi connectivity index (χ4n) is 5.22. The third-order valence-corrected chi connectivity index (χ3v) is 9.53. The van der Waals surface area contributed by atoms with Gasteiger partial charge in [0.05, 0.1) is 4.90 Å². The molecule has 0 heterocycles. The number of aromatic hydroxyl groups is 1. The molecule has 0 amide bonds. The van der Waals surface area contributed by atoms with E-state index in [1.807, 2.05) is 12.1 Å². The van der Waals surface area contributed by atoms with E-state index >= 15 is 0 Å². The van der Waals surface area contributed by atoms with Gasteiger partial charge in [0.1, 0.15) is 43.8 Å². The Kier molecular flexibility index (Phi) is 19.4. The van der Waals surface area contributed by atoms with E-state index in [4.69, 9.17) is 9.47 Å². The summed E-state index contributed by atoms with van der Waals surface area (Å²) in [5, 5.41) is 22.6. The normalized spacial score (nSPS) is 11.2. The van der Waals surface area contributed by atoms with E-state index in [2.05, 4.69) is 13.8 Å². The number of hydrogen-bond donors (Lipinski definition) is 2. The Labute approximate surface area is 332 Å². The van der Waals surface area contributed by atoms with E-state index in [1.54, 1.807) is 48.5 Å². The third kappa shape index (κ3) is 15.3. The summed E-state index contributed by atoms with van der Waals surface area (Å²) in [5.41, 5.74) is 0.959. The van der Waals surface area contributed by atoms with Crippen molar-refractivity contribution in [3.05, 3.63) is 96.1 Å². The first-order valence-electron chi connectivity index (χ1n) is 16.9. The molecule has 0 radical (unpaired) electrons. The molecule has 0 fully saturated rings. The van der Waals surface area contributed by atoms with Gasteiger partial charge in [-0.05, 0) is 61.6 Å². The molecule has 2 N–H and O–H groups in total. The number of phenols is 1. The first-order valence-corrected chi connectivity index (χ1v) is 19.8. The van der Waals surface area contributed by atoms with Gasteiger partial charge in [-0.1, -0.05) is 108 Å². The van der Waals surface area contributed by atoms with Crippen molar-refractivity contribution in [2.75, 3.05) is 0 Å². The van der Waals surface area contributed by atoms with Crippen LogP contribution in [0.15, 0.2) is 94.7 Å². The molecule has 51 heavy (non-hydrogen) atoms. The molecular formula is C38H46CaO10S2. The SMILES string of the molecule is CCCCCCCc1c(O)cc(S(=O)(=O)O)cc1Oc1ccccc1.CCCCCCCc1c([O-])cc(S(=O)(=O)[O-])cc1Oc1ccccc1.[Ca+2]. The molecule has 13 heteroatoms. The predicted molar refractivity (Wildman–Crippen MR) is 195 cm³/mol. The van der Waals surface area contributed by atoms with Crippen molar-refractivity contribution in [1.29, 1.82) is 0 Å². The fraction of sp³-hybridized carbons (Fsp3) is 0.368. The van der Waals surface area contributed by atoms with E-state index in [1.165, 1.54) is 12.5 Å². The van der Waals surface area contributed by atoms with Gasteiger partial charge in [0.2, 0.25) is 0 Å². The number of ether oxygens (including phenoxy) is 2. The number of para-hydroxylation sites is 2. The molecule has 10 nitrogen and oxygen atoms in total. The van der Waals surface area contributed by atoms with E-state index in [0.717, 1.165) is 76.0 Å². The van der Waals surface area contributed by atoms with E-state index in [9.17, 15) is 36.2 Å². The average molecular weight is 767 g/mol. The molecule has 0 aliphatic heterocycles. The van der Waals surface area contributed by atoms with Crippen molar-refractivity contribution < 1.29 is 45.6 Å². The molecule has 0 atom stereocenters. The molecule has 4 aromatic rings. The summed E-state index contributed by atoms with van der Waals surface area (Å²) < 4.78 is 77.4. The summed E-state index contributed by atoms with van der Waals surface area (Å²) >= 11 is 0. The Morgan fingerprint density at radius 1 is 0.608 bits per heavy atom. The monoisotopic (exact) mass is 766 g/mol. The summed E-state index contributed by atoms with van der Waals surface area (Å²) in [7, 11) is -9.15. The zero-order valence-corrected chi connectivity index (χ0v) is 33.1. The standard InChI is InChI=1S/2C19H24O5S.Ca/c2*1-2-3-4-5-9-12-17-18(20)13-16(25(21,22)23)14-19(17)24-15-10-7-6-8-11-15;/h2*6-8,10-11,13-14,20H,2-5,9,12H2,1H3,(H,21,22,23);/q;;+2/p-2. The molecular weight excluding hydrogens is 721 g/mol. The van der Waals surface area contributed by atoms with Crippen LogP contribution >= 0.6 is 0 Å². The Bertz CT molecular complexity index is 1710. The maximum atomic E-state index is 12.3. The van der Waals surface area contributed by atoms with Gasteiger partial charge in [0.15, 0.2) is 0 Å². The number of rotatable bonds is 18. The molecule has 0 saturated carbocycles. The molecule has 4 aromatic carbocycles. The minimum atomic E-state index is -4.72. The molecule has 0 aromatic heterocycles. The van der Waals surface area contributed by atoms with Crippen LogP contribution in [0.25, 0.3) is 0 Å². The van der Waals surface area contributed by atoms with E-state index in [0.29, 0.717) is 35.5 Å². The van der Waals surface area contributed by atoms with Crippen LogP contribution in [0.4, 0.5) is 0 Å². The van der Waals surface area contributed by atoms with Gasteiger partial charge >= 0.3 is 37.7 Å². The summed E-state index contributed by atoms with van der Waals surface area (Å²) in [5.74, 6) is 0.740. The van der Waals surface area contributed by atoms with Crippen LogP contribution in [0.2, 0.25) is 0 Å². The van der Waals surface area contributed by atoms with Crippen LogP contribution in [-0.2, 0) is 33.1 Å². The minimum Gasteiger partial charge on any atom is -0.872 e. The summed E-state index contributed by atoms with van der Waals surface area (Å²) in [4.78, 5) is -0.941. The second-order valence-corrected chi connectivity index (χ2v) is 14.7. The van der Waals surface area contributed by atoms with E-state index < -0.39 is 30.9 Å². The van der Waals surface area contributed by atoms with Gasteiger partial charge in [-0.15, -0.1) is 5.75 Å². The molecule has 0 aliphatic rings. The van der Waals surface area contributed by atoms with Crippen LogP contribution in [0, 0.1) is 0 Å². The first-order chi connectivity index (χ1) is 23.8. The van der Waals surface area contributed by atoms with Crippen LogP contribution in [-0.4, -0.2) is 68.8 Å². The Hall–Kier alpha value is -2.84. The number of unbranched alkanes of at least 4 members (excludes halogenated alkanes) is 8. The van der Waals surface area contributed by atoms with Gasteiger partial charge in [-0.3, -0.25) is 4.55 Å². The zero-order valence-electron chi connectivity index (χ0n) is 29.3. The third-order valence-electron chi connectivity index (χ3n) is 7.89. The number of benzene rings is 4. The van der Waals surface area contributed by atoms with Crippen molar-refractivity contribution in [2.45, 2.75) is 101 Å². The fourth-order valence-corrected chi connectivity index (χ4v) is 6.24. The maximum Gasteiger partial charge on any atom is 2.00 e. The van der Waals surface area contributed by atoms with Gasteiger partial charge in [-0.25, -0.2) is 8.42 Å². The van der Waals surface area contributed by atoms with Crippen LogP contribution in [0.1, 0.15) is 89.2 Å². The van der Waals surface area contributed by atoms with Crippen molar-refractivity contribution in [3.63, 3.8) is 0 Å². The average Bonchev–Trinajstić information content (AvgIpc) is 3.06. The first kappa shape index (κ1) is 44.3. The minimum absolute atomic E-state index is 0. The molecule has 0 aliphatic carbocycles. The van der Waals surface area contributed by atoms with Crippen LogP contribution in [0.3, 0.4) is 0 Å². The Morgan fingerprint density at radius 3 is 1.49 bits per heavy atom. The van der Waals surface area contributed by atoms with Crippen molar-refractivity contribution in [1.82, 2.24) is 0 Å². The smallest absolute Gasteiger partial charge is 0.872 e. The summed E-state index contributed by atoms with van der Waals surface area (Å²) in [6.07, 6.45) is 11.6. The van der Waals surface area contributed by atoms with Crippen molar-refractivity contribution in [2.24, 2.45) is 0 Å². The Morgan fingerprint density at radius 2 is 1.04 bits per heavy atom. The molecule has 4 rings (SSSR count). The molecule has 0 bridgehead atoms. The van der Waals surface area contributed by atoms with Crippen molar-refractivity contribution in [3.8, 4) is 34.5 Å². The van der Waals surface area contributed by atoms with Gasteiger partial charge in [-0.2, -0.15) is 8.42 Å². The van der Waals surface area contributed by atoms with Gasteiger partial charge < -0.3 is 24.2 Å². The molecule has 0 unspecified atom stereocenters. The van der Waals surface area contributed by atoms with E-state index in [-0.39, 0.29) is 59.9 Å². The largest absolute Gasteiger partial charge is 2.00 e. The maximum absolute atomic E-state index is 12.3. The number of hydrogen-bond acceptors (Lipinski definition) is 9. The van der Waals surface area contributed by atoms with Gasteiger partial charge in [0, 0.05) is 17.7 Å². The number of phenolic OH excluding ortho intramolecular Hbond substituents is 1. The zero-order chi connectivity index (χ0) is 36.6. The van der Waals surface area contributed by atoms with Crippen molar-refractivity contribution >= 4 is 58.0 Å². The molecule has 0 spiro atoms. The van der Waals surface area contributed by atoms with Gasteiger partial charge in [0.25, 0.3) is 10.1 Å². The second kappa shape index (κ2) is 22.3. The second-order valence-electron chi connectivity index (χ2n) is 11.9. The van der Waals surface area contributed by atoms with Crippen LogP contribution in [0.5, 0.6) is 34.5 Å².